The topological polar surface area (TPSA) is 54.2 Å². The Kier molecular flexibility index (Phi) is 17.9. The molecule has 6 aromatic heterocycles. The molecule has 0 radical (unpaired) electrons. The van der Waals surface area contributed by atoms with E-state index in [1.807, 2.05) is 30.3 Å². The second-order valence-electron chi connectivity index (χ2n) is 41.9. The van der Waals surface area contributed by atoms with Gasteiger partial charge in [0.1, 0.15) is 33.5 Å². The van der Waals surface area contributed by atoms with Crippen LogP contribution in [0.5, 0.6) is 0 Å². The van der Waals surface area contributed by atoms with Gasteiger partial charge in [-0.25, -0.2) is 0 Å². The summed E-state index contributed by atoms with van der Waals surface area (Å²) in [5.41, 5.74) is 50.0. The molecular weight excluding hydrogens is 1750 g/mol. The summed E-state index contributed by atoms with van der Waals surface area (Å²) in [6, 6.07) is 162. The zero-order valence-electron chi connectivity index (χ0n) is 81.2. The van der Waals surface area contributed by atoms with E-state index in [1.165, 1.54) is 210 Å². The minimum atomic E-state index is -0.178. The summed E-state index contributed by atoms with van der Waals surface area (Å²) in [6.07, 6.45) is 0. The van der Waals surface area contributed by atoms with E-state index in [2.05, 4.69) is 482 Å². The van der Waals surface area contributed by atoms with E-state index in [4.69, 9.17) is 13.3 Å². The van der Waals surface area contributed by atoms with Crippen LogP contribution in [0, 0.1) is 0 Å². The minimum absolute atomic E-state index is 0.0749. The molecule has 0 saturated carbocycles. The summed E-state index contributed by atoms with van der Waals surface area (Å²) in [5.74, 6) is 0. The summed E-state index contributed by atoms with van der Waals surface area (Å²) in [5, 5.41) is 15.0. The highest BCUT2D eigenvalue weighted by atomic mass is 16.3. The van der Waals surface area contributed by atoms with Gasteiger partial charge in [-0.05, 0) is 243 Å². The van der Waals surface area contributed by atoms with Crippen LogP contribution in [0.25, 0.3) is 248 Å². The molecule has 0 aliphatic heterocycles. The van der Waals surface area contributed by atoms with E-state index in [9.17, 15) is 0 Å². The van der Waals surface area contributed by atoms with Gasteiger partial charge in [-0.15, -0.1) is 0 Å². The van der Waals surface area contributed by atoms with Crippen molar-refractivity contribution in [3.63, 3.8) is 0 Å². The van der Waals surface area contributed by atoms with Crippen molar-refractivity contribution in [2.24, 2.45) is 0 Å². The maximum absolute atomic E-state index is 6.45. The number of furan rings is 3. The third kappa shape index (κ3) is 12.1. The van der Waals surface area contributed by atoms with Crippen LogP contribution in [0.15, 0.2) is 456 Å². The fourth-order valence-electron chi connectivity index (χ4n) is 26.0. The second kappa shape index (κ2) is 31.0. The number of hydrogen-bond acceptors (Lipinski definition) is 3. The van der Waals surface area contributed by atoms with Gasteiger partial charge in [0.25, 0.3) is 0 Å². The number of benzene rings is 21. The Morgan fingerprint density at radius 2 is 0.444 bits per heavy atom. The smallest absolute Gasteiger partial charge is 0.143 e. The second-order valence-corrected chi connectivity index (χ2v) is 41.9. The lowest BCUT2D eigenvalue weighted by Crippen LogP contribution is -2.15. The first-order chi connectivity index (χ1) is 70.5. The molecule has 4 aliphatic rings. The van der Waals surface area contributed by atoms with Gasteiger partial charge in [0.05, 0.1) is 33.1 Å². The molecule has 0 unspecified atom stereocenters. The van der Waals surface area contributed by atoms with E-state index in [0.29, 0.717) is 0 Å². The SMILES string of the molecule is CC1(C)c2cc(-c3cccc4c3oc3ccccc34)ccc2-c2ccc(-n3c4ccccc4c4c5c(ccc43)-c3ccccc3C5(C)C)cc21.CC1(C)c2ccccc2-c2ccc3c(c21)c1ccccc1n3-c1ccc(-c2ccc(-c3ccc4oc5ccccc5c4c3)cc2)cc1.CC1(C)c2ccccc2-c2ccc3c(c21)c1ccccc1n3-c1ccc(-c2ccc(-c3cccc4c3oc3ccccc34)cc2)cc1. The Labute approximate surface area is 833 Å². The van der Waals surface area contributed by atoms with Crippen molar-refractivity contribution in [2.75, 3.05) is 0 Å². The van der Waals surface area contributed by atoms with Gasteiger partial charge in [-0.2, -0.15) is 0 Å². The Hall–Kier alpha value is -17.6. The molecule has 0 N–H and O–H groups in total. The molecule has 31 rings (SSSR count). The van der Waals surface area contributed by atoms with E-state index in [-0.39, 0.29) is 21.7 Å². The Balaban J connectivity index is 0.000000103. The lowest BCUT2D eigenvalue weighted by molar-refractivity contribution is 0.659. The van der Waals surface area contributed by atoms with Gasteiger partial charge in [0.15, 0.2) is 0 Å². The maximum Gasteiger partial charge on any atom is 0.143 e. The molecule has 27 aromatic rings. The van der Waals surface area contributed by atoms with Crippen molar-refractivity contribution in [1.29, 1.82) is 0 Å². The van der Waals surface area contributed by atoms with Gasteiger partial charge in [-0.3, -0.25) is 0 Å². The summed E-state index contributed by atoms with van der Waals surface area (Å²) >= 11 is 0. The van der Waals surface area contributed by atoms with Gasteiger partial charge in [0, 0.05) is 114 Å². The van der Waals surface area contributed by atoms with Crippen LogP contribution in [-0.2, 0) is 21.7 Å². The highest BCUT2D eigenvalue weighted by molar-refractivity contribution is 6.19. The molecular formula is C138H97N3O3. The highest BCUT2D eigenvalue weighted by Crippen LogP contribution is 2.59. The normalized spacial score (nSPS) is 14.1. The number of hydrogen-bond donors (Lipinski definition) is 0. The van der Waals surface area contributed by atoms with Gasteiger partial charge in [-0.1, -0.05) is 389 Å². The lowest BCUT2D eigenvalue weighted by atomic mass is 9.80. The van der Waals surface area contributed by atoms with E-state index in [1.54, 1.807) is 0 Å². The largest absolute Gasteiger partial charge is 0.456 e. The average Bonchev–Trinajstić information content (AvgIpc) is 1.54. The molecule has 6 nitrogen and oxygen atoms in total. The molecule has 682 valence electrons. The highest BCUT2D eigenvalue weighted by Gasteiger charge is 2.43. The third-order valence-corrected chi connectivity index (χ3v) is 32.8. The predicted octanol–water partition coefficient (Wildman–Crippen LogP) is 37.6. The first-order valence-electron chi connectivity index (χ1n) is 50.4. The van der Waals surface area contributed by atoms with Crippen LogP contribution >= 0.6 is 0 Å². The van der Waals surface area contributed by atoms with E-state index < -0.39 is 0 Å². The first kappa shape index (κ1) is 83.4. The predicted molar refractivity (Wildman–Crippen MR) is 602 cm³/mol. The van der Waals surface area contributed by atoms with Crippen LogP contribution in [0.4, 0.5) is 0 Å². The van der Waals surface area contributed by atoms with Crippen molar-refractivity contribution in [1.82, 2.24) is 13.7 Å². The number of para-hydroxylation sites is 8. The molecule has 0 saturated heterocycles. The van der Waals surface area contributed by atoms with E-state index >= 15 is 0 Å². The fourth-order valence-corrected chi connectivity index (χ4v) is 26.0. The minimum Gasteiger partial charge on any atom is -0.456 e. The number of aromatic nitrogens is 3. The average molecular weight is 1850 g/mol. The Bertz CT molecular complexity index is 10100. The molecule has 6 heteroatoms. The van der Waals surface area contributed by atoms with Crippen molar-refractivity contribution < 1.29 is 13.3 Å². The molecule has 21 aromatic carbocycles. The van der Waals surface area contributed by atoms with Crippen molar-refractivity contribution >= 4 is 131 Å². The number of fused-ring (bicyclic) bond motifs is 33. The zero-order chi connectivity index (χ0) is 96.1. The zero-order valence-corrected chi connectivity index (χ0v) is 81.2. The standard InChI is InChI=1S/C48H35NO.2C45H31NO/c1-47(2)39-26-28(30-15-11-16-36-34-13-7-10-19-43(34)50-46(30)36)20-22-32(39)33-23-21-29(27-40(33)47)49-41-18-9-6-14-37(41)44-42(49)25-24-35-31-12-5-8-17-38(31)48(3,4)45(35)44;1-45(2)38-15-6-3-10-33(38)35-26-27-40-42(43(35)45)37-12-4-7-16-39(37)46(40)31-24-22-29(23-25-31)28-18-20-30(21-19-28)32-13-9-14-36-34-11-5-8-17-41(34)47-44(32)36;1-45(2)38-12-6-3-9-33(38)35-24-25-40-43(44(35)45)36-11-4-7-13-39(36)46(40)32-22-19-29(20-23-32)28-15-17-30(18-16-28)31-21-26-42-37(27-31)34-10-5-8-14-41(34)47-42/h5-27H,1-4H3;2*3-27H,1-2H3. The molecule has 144 heavy (non-hydrogen) atoms. The number of nitrogens with zero attached hydrogens (tertiary/aromatic N) is 3. The summed E-state index contributed by atoms with van der Waals surface area (Å²) in [7, 11) is 0. The molecule has 4 aliphatic carbocycles. The Morgan fingerprint density at radius 3 is 0.882 bits per heavy atom. The summed E-state index contributed by atoms with van der Waals surface area (Å²) < 4.78 is 26.2. The van der Waals surface area contributed by atoms with Gasteiger partial charge in [0.2, 0.25) is 0 Å². The van der Waals surface area contributed by atoms with Crippen molar-refractivity contribution in [2.45, 2.75) is 77.0 Å². The fraction of sp³-hybridized carbons (Fsp3) is 0.0870. The first-order valence-corrected chi connectivity index (χ1v) is 50.4. The van der Waals surface area contributed by atoms with Gasteiger partial charge < -0.3 is 27.0 Å². The maximum atomic E-state index is 6.45. The van der Waals surface area contributed by atoms with Crippen molar-refractivity contribution in [3.05, 3.63) is 487 Å². The van der Waals surface area contributed by atoms with Gasteiger partial charge >= 0.3 is 0 Å². The summed E-state index contributed by atoms with van der Waals surface area (Å²) in [6.45, 7) is 19.0. The molecule has 0 fully saturated rings. The van der Waals surface area contributed by atoms with E-state index in [0.717, 1.165) is 82.5 Å². The van der Waals surface area contributed by atoms with Crippen LogP contribution in [0.2, 0.25) is 0 Å². The third-order valence-electron chi connectivity index (χ3n) is 32.8. The Morgan fingerprint density at radius 1 is 0.160 bits per heavy atom. The van der Waals surface area contributed by atoms with Crippen LogP contribution < -0.4 is 0 Å². The van der Waals surface area contributed by atoms with Crippen molar-refractivity contribution in [3.8, 4) is 117 Å². The quantitative estimate of drug-likeness (QED) is 0.152. The molecule has 0 spiro atoms. The molecule has 0 bridgehead atoms. The number of rotatable bonds is 8. The molecule has 6 heterocycles. The monoisotopic (exact) mass is 1840 g/mol. The summed E-state index contributed by atoms with van der Waals surface area (Å²) in [4.78, 5) is 0. The van der Waals surface area contributed by atoms with Crippen LogP contribution in [0.3, 0.4) is 0 Å². The van der Waals surface area contributed by atoms with Crippen LogP contribution in [0.1, 0.15) is 99.9 Å². The molecule has 0 atom stereocenters. The van der Waals surface area contributed by atoms with Crippen LogP contribution in [-0.4, -0.2) is 13.7 Å². The lowest BCUT2D eigenvalue weighted by Gasteiger charge is -2.23. The molecule has 0 amide bonds.